The zero-order valence-corrected chi connectivity index (χ0v) is 27.9. The van der Waals surface area contributed by atoms with Crippen LogP contribution in [-0.4, -0.2) is 49.4 Å². The van der Waals surface area contributed by atoms with Crippen LogP contribution in [0.25, 0.3) is 0 Å². The molecule has 1 aliphatic rings. The number of nitrogens with zero attached hydrogens (tertiary/aromatic N) is 3. The van der Waals surface area contributed by atoms with Crippen LogP contribution < -0.4 is 15.3 Å². The SMILES string of the molecule is Cc1csc(C(=O)c2nc(CO[Si](c3ccccc3)(c3ccccc3)C(C)(C)C)c(N3CC(C)OC(C)C3)c(Cl)c2F)n1. The van der Waals surface area contributed by atoms with Crippen molar-refractivity contribution in [1.29, 1.82) is 0 Å². The highest BCUT2D eigenvalue weighted by Crippen LogP contribution is 2.40. The number of carbonyl (C=O) groups is 1. The predicted molar refractivity (Wildman–Crippen MR) is 174 cm³/mol. The largest absolute Gasteiger partial charge is 0.401 e. The molecule has 5 rings (SSSR count). The first-order valence-electron chi connectivity index (χ1n) is 14.4. The van der Waals surface area contributed by atoms with Crippen LogP contribution >= 0.6 is 22.9 Å². The number of halogens is 2. The van der Waals surface area contributed by atoms with Crippen LogP contribution in [0.2, 0.25) is 10.1 Å². The number of morpholine rings is 1. The van der Waals surface area contributed by atoms with Gasteiger partial charge >= 0.3 is 0 Å². The van der Waals surface area contributed by atoms with Crippen LogP contribution in [0.1, 0.15) is 61.5 Å². The van der Waals surface area contributed by atoms with E-state index >= 15 is 4.39 Å². The average Bonchev–Trinajstić information content (AvgIpc) is 3.41. The third kappa shape index (κ3) is 6.19. The number of ketones is 1. The lowest BCUT2D eigenvalue weighted by molar-refractivity contribution is -0.00535. The van der Waals surface area contributed by atoms with Gasteiger partial charge in [0.25, 0.3) is 8.32 Å². The van der Waals surface area contributed by atoms with Crippen LogP contribution in [0.5, 0.6) is 0 Å². The van der Waals surface area contributed by atoms with Gasteiger partial charge in [-0.05, 0) is 36.2 Å². The number of ether oxygens (including phenoxy) is 1. The molecular weight excluding hydrogens is 601 g/mol. The van der Waals surface area contributed by atoms with E-state index in [9.17, 15) is 4.79 Å². The second-order valence-electron chi connectivity index (χ2n) is 12.1. The van der Waals surface area contributed by atoms with Gasteiger partial charge in [-0.25, -0.2) is 14.4 Å². The van der Waals surface area contributed by atoms with Crippen molar-refractivity contribution in [3.05, 3.63) is 99.0 Å². The van der Waals surface area contributed by atoms with Crippen LogP contribution in [0.3, 0.4) is 0 Å². The van der Waals surface area contributed by atoms with E-state index in [1.165, 1.54) is 0 Å². The Morgan fingerprint density at radius 2 is 1.60 bits per heavy atom. The van der Waals surface area contributed by atoms with E-state index < -0.39 is 19.9 Å². The third-order valence-corrected chi connectivity index (χ3v) is 14.0. The normalized spacial score (nSPS) is 17.7. The van der Waals surface area contributed by atoms with E-state index in [-0.39, 0.29) is 39.6 Å². The fourth-order valence-electron chi connectivity index (χ4n) is 6.00. The van der Waals surface area contributed by atoms with Gasteiger partial charge in [0.2, 0.25) is 5.78 Å². The molecule has 10 heteroatoms. The van der Waals surface area contributed by atoms with Crippen LogP contribution in [-0.2, 0) is 15.8 Å². The number of hydrogen-bond donors (Lipinski definition) is 0. The second kappa shape index (κ2) is 12.6. The van der Waals surface area contributed by atoms with Crippen molar-refractivity contribution in [3.8, 4) is 0 Å². The number of aryl methyl sites for hydroxylation is 1. The topological polar surface area (TPSA) is 64.5 Å². The molecule has 226 valence electrons. The molecule has 6 nitrogen and oxygen atoms in total. The second-order valence-corrected chi connectivity index (χ2v) is 17.7. The fourth-order valence-corrected chi connectivity index (χ4v) is 11.6. The highest BCUT2D eigenvalue weighted by molar-refractivity contribution is 7.12. The van der Waals surface area contributed by atoms with Crippen LogP contribution in [0.15, 0.2) is 66.0 Å². The molecular formula is C33H37ClFN3O3SSi. The summed E-state index contributed by atoms with van der Waals surface area (Å²) >= 11 is 7.99. The summed E-state index contributed by atoms with van der Waals surface area (Å²) in [5.41, 5.74) is 1.18. The minimum atomic E-state index is -2.98. The van der Waals surface area contributed by atoms with Gasteiger partial charge < -0.3 is 14.1 Å². The summed E-state index contributed by atoms with van der Waals surface area (Å²) in [4.78, 5) is 24.5. The summed E-state index contributed by atoms with van der Waals surface area (Å²) in [6.07, 6.45) is -0.208. The zero-order chi connectivity index (χ0) is 30.9. The van der Waals surface area contributed by atoms with Gasteiger partial charge in [0.05, 0.1) is 30.2 Å². The number of pyridine rings is 1. The molecule has 0 bridgehead atoms. The molecule has 0 radical (unpaired) electrons. The summed E-state index contributed by atoms with van der Waals surface area (Å²) < 4.78 is 29.1. The lowest BCUT2D eigenvalue weighted by Crippen LogP contribution is -2.66. The zero-order valence-electron chi connectivity index (χ0n) is 25.4. The first kappa shape index (κ1) is 31.5. The molecule has 2 atom stereocenters. The van der Waals surface area contributed by atoms with Gasteiger partial charge in [0.15, 0.2) is 16.5 Å². The van der Waals surface area contributed by atoms with Crippen molar-refractivity contribution >= 4 is 53.1 Å². The molecule has 1 aliphatic heterocycles. The van der Waals surface area contributed by atoms with Crippen molar-refractivity contribution < 1.29 is 18.3 Å². The maximum absolute atomic E-state index is 16.0. The van der Waals surface area contributed by atoms with E-state index in [0.29, 0.717) is 30.2 Å². The molecule has 2 aromatic carbocycles. The number of carbonyl (C=O) groups excluding carboxylic acids is 1. The van der Waals surface area contributed by atoms with Gasteiger partial charge in [-0.1, -0.05) is 93.0 Å². The van der Waals surface area contributed by atoms with Crippen molar-refractivity contribution in [2.45, 2.75) is 65.4 Å². The Morgan fingerprint density at radius 1 is 1.05 bits per heavy atom. The quantitative estimate of drug-likeness (QED) is 0.161. The molecule has 0 spiro atoms. The Labute approximate surface area is 263 Å². The predicted octanol–water partition coefficient (Wildman–Crippen LogP) is 6.56. The minimum Gasteiger partial charge on any atom is -0.401 e. The first-order chi connectivity index (χ1) is 20.4. The Balaban J connectivity index is 1.68. The van der Waals surface area contributed by atoms with Crippen molar-refractivity contribution in [2.75, 3.05) is 18.0 Å². The molecule has 4 aromatic rings. The Morgan fingerprint density at radius 3 is 2.09 bits per heavy atom. The van der Waals surface area contributed by atoms with Crippen molar-refractivity contribution in [2.24, 2.45) is 0 Å². The number of anilines is 1. The van der Waals surface area contributed by atoms with E-state index in [2.05, 4.69) is 55.0 Å². The molecule has 0 N–H and O–H groups in total. The van der Waals surface area contributed by atoms with E-state index in [0.717, 1.165) is 21.7 Å². The summed E-state index contributed by atoms with van der Waals surface area (Å²) in [6.45, 7) is 13.3. The number of thiazole rings is 1. The number of hydrogen-bond acceptors (Lipinski definition) is 7. The summed E-state index contributed by atoms with van der Waals surface area (Å²) in [5, 5.41) is 3.69. The molecule has 1 saturated heterocycles. The van der Waals surface area contributed by atoms with Crippen molar-refractivity contribution in [1.82, 2.24) is 9.97 Å². The molecule has 0 amide bonds. The lowest BCUT2D eigenvalue weighted by atomic mass is 10.1. The van der Waals surface area contributed by atoms with Gasteiger partial charge in [-0.15, -0.1) is 11.3 Å². The summed E-state index contributed by atoms with van der Waals surface area (Å²) in [6, 6.07) is 20.5. The molecule has 2 unspecified atom stereocenters. The molecule has 2 aromatic heterocycles. The molecule has 1 fully saturated rings. The lowest BCUT2D eigenvalue weighted by Gasteiger charge is -2.43. The first-order valence-corrected chi connectivity index (χ1v) is 17.6. The number of benzene rings is 2. The van der Waals surface area contributed by atoms with Gasteiger partial charge in [-0.2, -0.15) is 0 Å². The number of aromatic nitrogens is 2. The van der Waals surface area contributed by atoms with E-state index in [4.69, 9.17) is 20.8 Å². The molecule has 0 saturated carbocycles. The summed E-state index contributed by atoms with van der Waals surface area (Å²) in [5.74, 6) is -1.45. The van der Waals surface area contributed by atoms with Gasteiger partial charge in [0, 0.05) is 24.2 Å². The Kier molecular flexibility index (Phi) is 9.20. The average molecular weight is 638 g/mol. The number of rotatable bonds is 8. The maximum Gasteiger partial charge on any atom is 0.261 e. The van der Waals surface area contributed by atoms with Crippen LogP contribution in [0, 0.1) is 12.7 Å². The Hall–Kier alpha value is -2.95. The molecule has 3 heterocycles. The minimum absolute atomic E-state index is 0.0277. The highest BCUT2D eigenvalue weighted by Gasteiger charge is 2.50. The summed E-state index contributed by atoms with van der Waals surface area (Å²) in [7, 11) is -2.98. The van der Waals surface area contributed by atoms with Gasteiger partial charge in [0.1, 0.15) is 5.02 Å². The standard InChI is InChI=1S/C33H37ClFN3O3SSi/c1-21-20-42-32(36-21)31(39)29-28(35)27(34)30(38-17-22(2)41-23(3)18-38)26(37-29)19-40-43(33(4,5)6,24-13-9-7-10-14-24)25-15-11-8-12-16-25/h7-16,20,22-23H,17-19H2,1-6H3. The van der Waals surface area contributed by atoms with E-state index in [1.54, 1.807) is 12.3 Å². The third-order valence-electron chi connectivity index (χ3n) is 7.74. The van der Waals surface area contributed by atoms with E-state index in [1.807, 2.05) is 55.1 Å². The highest BCUT2D eigenvalue weighted by atomic mass is 35.5. The molecule has 0 aliphatic carbocycles. The monoisotopic (exact) mass is 637 g/mol. The maximum atomic E-state index is 16.0. The Bertz CT molecular complexity index is 1550. The fraction of sp³-hybridized carbons (Fsp3) is 0.364. The molecule has 43 heavy (non-hydrogen) atoms. The van der Waals surface area contributed by atoms with Crippen LogP contribution in [0.4, 0.5) is 10.1 Å². The van der Waals surface area contributed by atoms with Gasteiger partial charge in [-0.3, -0.25) is 4.79 Å². The smallest absolute Gasteiger partial charge is 0.261 e. The van der Waals surface area contributed by atoms with Crippen molar-refractivity contribution in [3.63, 3.8) is 0 Å².